The first-order valence-electron chi connectivity index (χ1n) is 7.12. The largest absolute Gasteiger partial charge is 0.484 e. The molecule has 0 spiro atoms. The second-order valence-corrected chi connectivity index (χ2v) is 5.09. The predicted molar refractivity (Wildman–Crippen MR) is 88.2 cm³/mol. The Hall–Kier alpha value is -2.95. The molecule has 1 aromatic heterocycles. The van der Waals surface area contributed by atoms with Gasteiger partial charge in [0.1, 0.15) is 5.75 Å². The number of likely N-dealkylation sites (N-methyl/N-ethyl adjacent to an activating group) is 1. The van der Waals surface area contributed by atoms with Crippen molar-refractivity contribution in [1.82, 2.24) is 9.88 Å². The highest BCUT2D eigenvalue weighted by Gasteiger charge is 2.07. The van der Waals surface area contributed by atoms with Crippen molar-refractivity contribution in [2.75, 3.05) is 20.7 Å². The summed E-state index contributed by atoms with van der Waals surface area (Å²) in [5, 5.41) is 0. The molecule has 0 saturated heterocycles. The van der Waals surface area contributed by atoms with E-state index in [1.807, 2.05) is 6.07 Å². The van der Waals surface area contributed by atoms with Gasteiger partial charge in [-0.15, -0.1) is 0 Å². The molecule has 0 unspecified atom stereocenters. The summed E-state index contributed by atoms with van der Waals surface area (Å²) in [5.74, 6) is 0.206. The number of nitrogens with zero attached hydrogens (tertiary/aromatic N) is 2. The summed E-state index contributed by atoms with van der Waals surface area (Å²) in [6.07, 6.45) is 6.55. The molecule has 1 amide bonds. The molecular weight excluding hydrogens is 292 g/mol. The smallest absolute Gasteiger partial charge is 0.259 e. The summed E-state index contributed by atoms with van der Waals surface area (Å²) in [6, 6.07) is 10.4. The molecule has 0 radical (unpaired) electrons. The van der Waals surface area contributed by atoms with Crippen LogP contribution >= 0.6 is 0 Å². The molecule has 118 valence electrons. The maximum Gasteiger partial charge on any atom is 0.259 e. The fraction of sp³-hybridized carbons (Fsp3) is 0.167. The van der Waals surface area contributed by atoms with E-state index >= 15 is 0 Å². The number of benzene rings is 1. The van der Waals surface area contributed by atoms with Crippen LogP contribution in [-0.4, -0.2) is 42.3 Å². The Balaban J connectivity index is 2.02. The maximum atomic E-state index is 12.2. The van der Waals surface area contributed by atoms with E-state index in [4.69, 9.17) is 4.74 Å². The lowest BCUT2D eigenvalue weighted by Gasteiger charge is -2.11. The minimum atomic E-state index is -0.141. The summed E-state index contributed by atoms with van der Waals surface area (Å²) < 4.78 is 5.41. The molecule has 5 heteroatoms. The number of pyridine rings is 1. The monoisotopic (exact) mass is 310 g/mol. The summed E-state index contributed by atoms with van der Waals surface area (Å²) in [4.78, 5) is 29.1. The van der Waals surface area contributed by atoms with Crippen LogP contribution in [0.25, 0.3) is 6.08 Å². The lowest BCUT2D eigenvalue weighted by atomic mass is 10.1. The molecule has 1 heterocycles. The molecule has 0 saturated carbocycles. The van der Waals surface area contributed by atoms with Crippen LogP contribution in [0.4, 0.5) is 0 Å². The quantitative estimate of drug-likeness (QED) is 0.607. The molecule has 0 fully saturated rings. The van der Waals surface area contributed by atoms with Crippen LogP contribution in [-0.2, 0) is 4.79 Å². The molecule has 0 aliphatic carbocycles. The topological polar surface area (TPSA) is 59.5 Å². The fourth-order valence-corrected chi connectivity index (χ4v) is 1.76. The Labute approximate surface area is 135 Å². The number of ether oxygens (including phenoxy) is 1. The third kappa shape index (κ3) is 5.07. The van der Waals surface area contributed by atoms with Crippen LogP contribution < -0.4 is 4.74 Å². The van der Waals surface area contributed by atoms with E-state index in [2.05, 4.69) is 4.98 Å². The second kappa shape index (κ2) is 7.89. The van der Waals surface area contributed by atoms with Crippen LogP contribution in [0.5, 0.6) is 5.75 Å². The average Bonchev–Trinajstić information content (AvgIpc) is 2.58. The third-order valence-corrected chi connectivity index (χ3v) is 3.09. The van der Waals surface area contributed by atoms with E-state index in [-0.39, 0.29) is 18.3 Å². The first-order valence-corrected chi connectivity index (χ1v) is 7.12. The average molecular weight is 310 g/mol. The summed E-state index contributed by atoms with van der Waals surface area (Å²) in [7, 11) is 3.32. The van der Waals surface area contributed by atoms with Gasteiger partial charge in [-0.1, -0.05) is 18.2 Å². The Morgan fingerprint density at radius 2 is 2.04 bits per heavy atom. The SMILES string of the molecule is CN(C)C(=O)COc1cccc(C(=O)C=Cc2cccnc2)c1. The number of rotatable bonds is 6. The van der Waals surface area contributed by atoms with Crippen LogP contribution in [0.1, 0.15) is 15.9 Å². The van der Waals surface area contributed by atoms with Gasteiger partial charge in [-0.3, -0.25) is 14.6 Å². The highest BCUT2D eigenvalue weighted by molar-refractivity contribution is 6.07. The van der Waals surface area contributed by atoms with Gasteiger partial charge in [-0.25, -0.2) is 0 Å². The summed E-state index contributed by atoms with van der Waals surface area (Å²) in [5.41, 5.74) is 1.35. The highest BCUT2D eigenvalue weighted by atomic mass is 16.5. The van der Waals surface area contributed by atoms with Crippen LogP contribution in [0.15, 0.2) is 54.9 Å². The number of carbonyl (C=O) groups excluding carboxylic acids is 2. The molecule has 5 nitrogen and oxygen atoms in total. The van der Waals surface area contributed by atoms with Gasteiger partial charge in [0.25, 0.3) is 5.91 Å². The number of allylic oxidation sites excluding steroid dienone is 1. The minimum absolute atomic E-state index is 0.0594. The molecule has 2 rings (SSSR count). The zero-order valence-electron chi connectivity index (χ0n) is 13.1. The van der Waals surface area contributed by atoms with Crippen molar-refractivity contribution in [3.8, 4) is 5.75 Å². The van der Waals surface area contributed by atoms with Crippen LogP contribution in [0, 0.1) is 0 Å². The molecule has 0 aliphatic rings. The van der Waals surface area contributed by atoms with Gasteiger partial charge in [-0.05, 0) is 35.9 Å². The normalized spacial score (nSPS) is 10.5. The standard InChI is InChI=1S/C18H18N2O3/c1-20(2)18(22)13-23-16-7-3-6-15(11-16)17(21)9-8-14-5-4-10-19-12-14/h3-12H,13H2,1-2H3. The van der Waals surface area contributed by atoms with Crippen molar-refractivity contribution < 1.29 is 14.3 Å². The van der Waals surface area contributed by atoms with Crippen LogP contribution in [0.3, 0.4) is 0 Å². The zero-order valence-corrected chi connectivity index (χ0v) is 13.1. The van der Waals surface area contributed by atoms with Crippen molar-refractivity contribution in [2.45, 2.75) is 0 Å². The molecular formula is C18H18N2O3. The molecule has 2 aromatic rings. The number of amides is 1. The third-order valence-electron chi connectivity index (χ3n) is 3.09. The van der Waals surface area contributed by atoms with Crippen molar-refractivity contribution in [3.05, 3.63) is 66.0 Å². The second-order valence-electron chi connectivity index (χ2n) is 5.09. The van der Waals surface area contributed by atoms with Crippen molar-refractivity contribution >= 4 is 17.8 Å². The Morgan fingerprint density at radius 3 is 2.74 bits per heavy atom. The van der Waals surface area contributed by atoms with Crippen molar-refractivity contribution in [3.63, 3.8) is 0 Å². The minimum Gasteiger partial charge on any atom is -0.484 e. The maximum absolute atomic E-state index is 12.2. The van der Waals surface area contributed by atoms with Crippen molar-refractivity contribution in [2.24, 2.45) is 0 Å². The Bertz CT molecular complexity index is 709. The van der Waals surface area contributed by atoms with E-state index in [0.717, 1.165) is 5.56 Å². The summed E-state index contributed by atoms with van der Waals surface area (Å²) >= 11 is 0. The van der Waals surface area contributed by atoms with E-state index in [1.54, 1.807) is 62.9 Å². The number of hydrogen-bond donors (Lipinski definition) is 0. The van der Waals surface area contributed by atoms with Gasteiger partial charge in [0.15, 0.2) is 12.4 Å². The summed E-state index contributed by atoms with van der Waals surface area (Å²) in [6.45, 7) is -0.0594. The Kier molecular flexibility index (Phi) is 5.63. The molecule has 1 aromatic carbocycles. The van der Waals surface area contributed by atoms with Gasteiger partial charge >= 0.3 is 0 Å². The number of carbonyl (C=O) groups is 2. The molecule has 0 atom stereocenters. The first-order chi connectivity index (χ1) is 11.1. The molecule has 0 aliphatic heterocycles. The van der Waals surface area contributed by atoms with Gasteiger partial charge in [0.05, 0.1) is 0 Å². The highest BCUT2D eigenvalue weighted by Crippen LogP contribution is 2.15. The van der Waals surface area contributed by atoms with Gasteiger partial charge in [-0.2, -0.15) is 0 Å². The zero-order chi connectivity index (χ0) is 16.7. The lowest BCUT2D eigenvalue weighted by Crippen LogP contribution is -2.27. The van der Waals surface area contributed by atoms with E-state index in [1.165, 1.54) is 11.0 Å². The molecule has 0 N–H and O–H groups in total. The van der Waals surface area contributed by atoms with Gasteiger partial charge in [0.2, 0.25) is 0 Å². The van der Waals surface area contributed by atoms with Gasteiger partial charge in [0, 0.05) is 32.1 Å². The number of ketones is 1. The first kappa shape index (κ1) is 16.4. The van der Waals surface area contributed by atoms with E-state index in [0.29, 0.717) is 11.3 Å². The van der Waals surface area contributed by atoms with E-state index in [9.17, 15) is 9.59 Å². The van der Waals surface area contributed by atoms with Gasteiger partial charge < -0.3 is 9.64 Å². The molecule has 23 heavy (non-hydrogen) atoms. The Morgan fingerprint density at radius 1 is 1.22 bits per heavy atom. The number of hydrogen-bond acceptors (Lipinski definition) is 4. The van der Waals surface area contributed by atoms with Crippen molar-refractivity contribution in [1.29, 1.82) is 0 Å². The predicted octanol–water partition coefficient (Wildman–Crippen LogP) is 2.44. The fourth-order valence-electron chi connectivity index (χ4n) is 1.76. The lowest BCUT2D eigenvalue weighted by molar-refractivity contribution is -0.130. The number of aromatic nitrogens is 1. The molecule has 0 bridgehead atoms. The van der Waals surface area contributed by atoms with E-state index < -0.39 is 0 Å². The van der Waals surface area contributed by atoms with Crippen LogP contribution in [0.2, 0.25) is 0 Å².